The molecule has 2 aromatic rings. The standard InChI is InChI=1S/C17H16N2O4S/c1-23-14-6-5-10(7-13(14)21)8-15-16(22)19-17(24-15)18-11-3-2-4-12(20)9-11/h2-9,17-18,20-21H,1H3,(H,19,22)/b15-8-. The number of phenolic OH excluding ortho intramolecular Hbond substituents is 2. The fraction of sp³-hybridized carbons (Fsp3) is 0.118. The van der Waals surface area contributed by atoms with Gasteiger partial charge in [-0.2, -0.15) is 0 Å². The Kier molecular flexibility index (Phi) is 4.52. The molecule has 1 fully saturated rings. The molecule has 2 aromatic carbocycles. The predicted octanol–water partition coefficient (Wildman–Crippen LogP) is 2.71. The van der Waals surface area contributed by atoms with Crippen molar-refractivity contribution >= 4 is 29.4 Å². The average Bonchev–Trinajstić information content (AvgIpc) is 2.87. The summed E-state index contributed by atoms with van der Waals surface area (Å²) in [7, 11) is 1.48. The molecule has 24 heavy (non-hydrogen) atoms. The number of aromatic hydroxyl groups is 2. The maximum Gasteiger partial charge on any atom is 0.260 e. The molecule has 0 spiro atoms. The smallest absolute Gasteiger partial charge is 0.260 e. The van der Waals surface area contributed by atoms with Crippen LogP contribution in [0.1, 0.15) is 5.56 Å². The van der Waals surface area contributed by atoms with E-state index in [1.807, 2.05) is 0 Å². The normalized spacial score (nSPS) is 18.5. The first-order valence-corrected chi connectivity index (χ1v) is 8.05. The fourth-order valence-electron chi connectivity index (χ4n) is 2.26. The summed E-state index contributed by atoms with van der Waals surface area (Å²) < 4.78 is 5.00. The zero-order chi connectivity index (χ0) is 17.1. The molecule has 6 nitrogen and oxygen atoms in total. The minimum absolute atomic E-state index is 0.0182. The van der Waals surface area contributed by atoms with Crippen LogP contribution in [0.25, 0.3) is 6.08 Å². The topological polar surface area (TPSA) is 90.8 Å². The first-order valence-electron chi connectivity index (χ1n) is 7.17. The molecule has 0 bridgehead atoms. The van der Waals surface area contributed by atoms with E-state index in [1.54, 1.807) is 42.5 Å². The molecule has 124 valence electrons. The summed E-state index contributed by atoms with van der Waals surface area (Å²) in [4.78, 5) is 12.6. The van der Waals surface area contributed by atoms with E-state index in [-0.39, 0.29) is 22.9 Å². The van der Waals surface area contributed by atoms with Crippen molar-refractivity contribution in [3.05, 3.63) is 52.9 Å². The lowest BCUT2D eigenvalue weighted by Gasteiger charge is -2.12. The maximum absolute atomic E-state index is 12.1. The number of thioether (sulfide) groups is 1. The molecule has 7 heteroatoms. The van der Waals surface area contributed by atoms with Gasteiger partial charge in [0.25, 0.3) is 5.91 Å². The summed E-state index contributed by atoms with van der Waals surface area (Å²) in [6, 6.07) is 11.6. The van der Waals surface area contributed by atoms with E-state index >= 15 is 0 Å². The van der Waals surface area contributed by atoms with E-state index in [1.165, 1.54) is 24.9 Å². The van der Waals surface area contributed by atoms with Crippen LogP contribution < -0.4 is 15.4 Å². The Hall–Kier alpha value is -2.80. The van der Waals surface area contributed by atoms with Gasteiger partial charge in [0, 0.05) is 11.8 Å². The van der Waals surface area contributed by atoms with Crippen LogP contribution in [0.2, 0.25) is 0 Å². The highest BCUT2D eigenvalue weighted by atomic mass is 32.2. The predicted molar refractivity (Wildman–Crippen MR) is 93.9 cm³/mol. The Morgan fingerprint density at radius 3 is 2.79 bits per heavy atom. The molecule has 1 aliphatic heterocycles. The maximum atomic E-state index is 12.1. The van der Waals surface area contributed by atoms with Crippen molar-refractivity contribution in [1.82, 2.24) is 5.32 Å². The van der Waals surface area contributed by atoms with Gasteiger partial charge < -0.3 is 25.6 Å². The van der Waals surface area contributed by atoms with Crippen LogP contribution in [0, 0.1) is 0 Å². The third-order valence-electron chi connectivity index (χ3n) is 3.38. The van der Waals surface area contributed by atoms with Crippen molar-refractivity contribution in [3.8, 4) is 17.2 Å². The van der Waals surface area contributed by atoms with Crippen LogP contribution in [-0.4, -0.2) is 28.7 Å². The van der Waals surface area contributed by atoms with Crippen molar-refractivity contribution in [1.29, 1.82) is 0 Å². The first-order chi connectivity index (χ1) is 11.5. The van der Waals surface area contributed by atoms with Crippen LogP contribution in [0.4, 0.5) is 5.69 Å². The Balaban J connectivity index is 1.73. The molecule has 1 heterocycles. The Labute approximate surface area is 143 Å². The van der Waals surface area contributed by atoms with Crippen molar-refractivity contribution in [2.75, 3.05) is 12.4 Å². The van der Waals surface area contributed by atoms with E-state index in [9.17, 15) is 15.0 Å². The first kappa shape index (κ1) is 16.1. The number of carbonyl (C=O) groups excluding carboxylic acids is 1. The van der Waals surface area contributed by atoms with Gasteiger partial charge in [-0.3, -0.25) is 4.79 Å². The summed E-state index contributed by atoms with van der Waals surface area (Å²) >= 11 is 1.32. The zero-order valence-electron chi connectivity index (χ0n) is 12.8. The van der Waals surface area contributed by atoms with Gasteiger partial charge in [-0.15, -0.1) is 0 Å². The van der Waals surface area contributed by atoms with E-state index in [4.69, 9.17) is 4.74 Å². The van der Waals surface area contributed by atoms with E-state index in [0.29, 0.717) is 21.9 Å². The third-order valence-corrected chi connectivity index (χ3v) is 4.40. The second-order valence-corrected chi connectivity index (χ2v) is 6.25. The summed E-state index contributed by atoms with van der Waals surface area (Å²) in [5.74, 6) is 0.348. The Morgan fingerprint density at radius 1 is 1.25 bits per heavy atom. The molecule has 1 saturated heterocycles. The molecule has 0 radical (unpaired) electrons. The van der Waals surface area contributed by atoms with Crippen LogP contribution in [-0.2, 0) is 4.79 Å². The Bertz CT molecular complexity index is 807. The molecule has 1 atom stereocenters. The number of phenols is 2. The van der Waals surface area contributed by atoms with Crippen LogP contribution in [0.3, 0.4) is 0 Å². The number of hydrogen-bond acceptors (Lipinski definition) is 6. The van der Waals surface area contributed by atoms with Gasteiger partial charge in [0.1, 0.15) is 5.75 Å². The summed E-state index contributed by atoms with van der Waals surface area (Å²) in [6.45, 7) is 0. The minimum Gasteiger partial charge on any atom is -0.508 e. The highest BCUT2D eigenvalue weighted by Gasteiger charge is 2.27. The third kappa shape index (κ3) is 3.57. The molecule has 3 rings (SSSR count). The number of ether oxygens (including phenoxy) is 1. The molecule has 0 saturated carbocycles. The van der Waals surface area contributed by atoms with E-state index in [2.05, 4.69) is 10.6 Å². The van der Waals surface area contributed by atoms with Gasteiger partial charge in [0.2, 0.25) is 0 Å². The molecule has 1 aliphatic rings. The zero-order valence-corrected chi connectivity index (χ0v) is 13.6. The molecule has 0 aliphatic carbocycles. The van der Waals surface area contributed by atoms with Gasteiger partial charge in [0.15, 0.2) is 17.0 Å². The van der Waals surface area contributed by atoms with Gasteiger partial charge in [0.05, 0.1) is 12.0 Å². The number of hydrogen-bond donors (Lipinski definition) is 4. The van der Waals surface area contributed by atoms with Gasteiger partial charge >= 0.3 is 0 Å². The molecule has 1 amide bonds. The van der Waals surface area contributed by atoms with Gasteiger partial charge in [-0.1, -0.05) is 23.9 Å². The van der Waals surface area contributed by atoms with E-state index < -0.39 is 0 Å². The number of benzene rings is 2. The number of carbonyl (C=O) groups is 1. The SMILES string of the molecule is COc1ccc(/C=C2\SC(Nc3cccc(O)c3)NC2=O)cc1O. The van der Waals surface area contributed by atoms with Gasteiger partial charge in [-0.05, 0) is 35.9 Å². The van der Waals surface area contributed by atoms with E-state index in [0.717, 1.165) is 0 Å². The van der Waals surface area contributed by atoms with Crippen molar-refractivity contribution in [3.63, 3.8) is 0 Å². The van der Waals surface area contributed by atoms with Crippen LogP contribution >= 0.6 is 11.8 Å². The number of rotatable bonds is 4. The number of nitrogens with one attached hydrogen (secondary N) is 2. The van der Waals surface area contributed by atoms with Crippen molar-refractivity contribution in [2.45, 2.75) is 5.50 Å². The van der Waals surface area contributed by atoms with Gasteiger partial charge in [-0.25, -0.2) is 0 Å². The minimum atomic E-state index is -0.336. The second kappa shape index (κ2) is 6.76. The molecular weight excluding hydrogens is 328 g/mol. The largest absolute Gasteiger partial charge is 0.508 e. The fourth-order valence-corrected chi connectivity index (χ4v) is 3.25. The molecule has 0 aromatic heterocycles. The molecular formula is C17H16N2O4S. The quantitative estimate of drug-likeness (QED) is 0.638. The monoisotopic (exact) mass is 344 g/mol. The number of anilines is 1. The lowest BCUT2D eigenvalue weighted by molar-refractivity contribution is -0.116. The van der Waals surface area contributed by atoms with Crippen molar-refractivity contribution < 1.29 is 19.7 Å². The lowest BCUT2D eigenvalue weighted by Crippen LogP contribution is -2.30. The van der Waals surface area contributed by atoms with Crippen molar-refractivity contribution in [2.24, 2.45) is 0 Å². The lowest BCUT2D eigenvalue weighted by atomic mass is 10.2. The highest BCUT2D eigenvalue weighted by Crippen LogP contribution is 2.33. The average molecular weight is 344 g/mol. The summed E-state index contributed by atoms with van der Waals surface area (Å²) in [6.07, 6.45) is 1.70. The highest BCUT2D eigenvalue weighted by molar-refractivity contribution is 8.05. The molecule has 4 N–H and O–H groups in total. The summed E-state index contributed by atoms with van der Waals surface area (Å²) in [5.41, 5.74) is 1.07. The summed E-state index contributed by atoms with van der Waals surface area (Å²) in [5, 5.41) is 25.2. The number of amides is 1. The molecule has 1 unspecified atom stereocenters. The van der Waals surface area contributed by atoms with Crippen LogP contribution in [0.5, 0.6) is 17.2 Å². The second-order valence-electron chi connectivity index (χ2n) is 5.11. The Morgan fingerprint density at radius 2 is 2.08 bits per heavy atom. The number of methoxy groups -OCH3 is 1. The van der Waals surface area contributed by atoms with Crippen LogP contribution in [0.15, 0.2) is 47.4 Å².